The molecule has 0 radical (unpaired) electrons. The van der Waals surface area contributed by atoms with E-state index in [0.29, 0.717) is 17.1 Å². The highest BCUT2D eigenvalue weighted by molar-refractivity contribution is 6.31. The number of amides is 2. The topological polar surface area (TPSA) is 97.1 Å². The predicted molar refractivity (Wildman–Crippen MR) is 118 cm³/mol. The van der Waals surface area contributed by atoms with Gasteiger partial charge in [-0.05, 0) is 42.2 Å². The lowest BCUT2D eigenvalue weighted by Gasteiger charge is -2.41. The number of halogens is 3. The van der Waals surface area contributed by atoms with Gasteiger partial charge in [0.15, 0.2) is 11.0 Å². The molecule has 2 heterocycles. The van der Waals surface area contributed by atoms with Gasteiger partial charge in [-0.1, -0.05) is 48.5 Å². The number of carbonyl (C=O) groups excluding carboxylic acids is 2. The summed E-state index contributed by atoms with van der Waals surface area (Å²) in [6.45, 7) is 0. The standard InChI is InChI=1S/C22H23Cl2FN4O2/c23-12-4-5-13(15(10-12)28-11-30)17-16(14-6-9-27-20(24)18(14)25)19(21(26)31)29-22(17)7-2-1-3-8-22/h4-6,9-11,16-17,19,29H,1-3,7-8H2,(H2,26,31)(H,28,30)/t16-,17?,19?/m1/s1. The third-order valence-electron chi connectivity index (χ3n) is 6.61. The lowest BCUT2D eigenvalue weighted by Crippen LogP contribution is -2.50. The number of nitrogens with zero attached hydrogens (tertiary/aromatic N) is 1. The Balaban J connectivity index is 1.96. The van der Waals surface area contributed by atoms with E-state index in [1.54, 1.807) is 18.2 Å². The van der Waals surface area contributed by atoms with Gasteiger partial charge < -0.3 is 11.1 Å². The highest BCUT2D eigenvalue weighted by atomic mass is 35.5. The Labute approximate surface area is 189 Å². The van der Waals surface area contributed by atoms with E-state index < -0.39 is 29.2 Å². The number of pyridine rings is 1. The van der Waals surface area contributed by atoms with Crippen molar-refractivity contribution in [1.29, 1.82) is 0 Å². The molecule has 3 atom stereocenters. The van der Waals surface area contributed by atoms with E-state index in [0.717, 1.165) is 37.7 Å². The monoisotopic (exact) mass is 464 g/mol. The van der Waals surface area contributed by atoms with Crippen LogP contribution < -0.4 is 16.4 Å². The van der Waals surface area contributed by atoms with Gasteiger partial charge in [0.2, 0.25) is 12.3 Å². The van der Waals surface area contributed by atoms with Gasteiger partial charge in [0.05, 0.1) is 6.04 Å². The first-order chi connectivity index (χ1) is 14.9. The molecule has 164 valence electrons. The van der Waals surface area contributed by atoms with Gasteiger partial charge in [0, 0.05) is 34.3 Å². The van der Waals surface area contributed by atoms with E-state index in [1.807, 2.05) is 6.07 Å². The second kappa shape index (κ2) is 8.73. The average Bonchev–Trinajstić information content (AvgIpc) is 3.05. The fourth-order valence-electron chi connectivity index (χ4n) is 5.44. The average molecular weight is 465 g/mol. The number of benzene rings is 1. The van der Waals surface area contributed by atoms with Crippen molar-refractivity contribution >= 4 is 41.2 Å². The largest absolute Gasteiger partial charge is 0.368 e. The number of hydrogen-bond acceptors (Lipinski definition) is 4. The van der Waals surface area contributed by atoms with Crippen LogP contribution in [-0.2, 0) is 9.59 Å². The Morgan fingerprint density at radius 2 is 1.97 bits per heavy atom. The first-order valence-electron chi connectivity index (χ1n) is 10.2. The smallest absolute Gasteiger partial charge is 0.235 e. The number of nitrogens with one attached hydrogen (secondary N) is 2. The third kappa shape index (κ3) is 3.90. The van der Waals surface area contributed by atoms with E-state index in [4.69, 9.17) is 28.9 Å². The summed E-state index contributed by atoms with van der Waals surface area (Å²) in [5.74, 6) is -2.22. The first kappa shape index (κ1) is 22.0. The van der Waals surface area contributed by atoms with E-state index in [2.05, 4.69) is 15.6 Å². The van der Waals surface area contributed by atoms with Gasteiger partial charge in [0.1, 0.15) is 0 Å². The molecule has 9 heteroatoms. The molecule has 1 saturated carbocycles. The zero-order valence-electron chi connectivity index (χ0n) is 16.7. The summed E-state index contributed by atoms with van der Waals surface area (Å²) in [6.07, 6.45) is 6.60. The molecule has 1 aromatic heterocycles. The Morgan fingerprint density at radius 3 is 2.65 bits per heavy atom. The molecule has 2 unspecified atom stereocenters. The maximum absolute atomic E-state index is 15.2. The minimum Gasteiger partial charge on any atom is -0.368 e. The van der Waals surface area contributed by atoms with Gasteiger partial charge in [-0.25, -0.2) is 9.37 Å². The van der Waals surface area contributed by atoms with Gasteiger partial charge >= 0.3 is 0 Å². The zero-order chi connectivity index (χ0) is 22.2. The first-order valence-corrected chi connectivity index (χ1v) is 11.0. The van der Waals surface area contributed by atoms with Crippen LogP contribution in [0.3, 0.4) is 0 Å². The second-order valence-electron chi connectivity index (χ2n) is 8.24. The fraction of sp³-hybridized carbons (Fsp3) is 0.409. The van der Waals surface area contributed by atoms with E-state index in [9.17, 15) is 9.59 Å². The quantitative estimate of drug-likeness (QED) is 0.457. The third-order valence-corrected chi connectivity index (χ3v) is 7.11. The van der Waals surface area contributed by atoms with Crippen molar-refractivity contribution in [3.63, 3.8) is 0 Å². The number of rotatable bonds is 5. The summed E-state index contributed by atoms with van der Waals surface area (Å²) in [5.41, 5.74) is 6.88. The Hall–Kier alpha value is -2.22. The molecule has 1 aromatic carbocycles. The number of anilines is 1. The van der Waals surface area contributed by atoms with Crippen LogP contribution in [0.5, 0.6) is 0 Å². The van der Waals surface area contributed by atoms with Gasteiger partial charge in [0.25, 0.3) is 0 Å². The number of nitrogens with two attached hydrogens (primary N) is 1. The van der Waals surface area contributed by atoms with Crippen molar-refractivity contribution in [3.8, 4) is 0 Å². The summed E-state index contributed by atoms with van der Waals surface area (Å²) < 4.78 is 15.2. The van der Waals surface area contributed by atoms with Gasteiger partial charge in [-0.3, -0.25) is 14.9 Å². The molecule has 31 heavy (non-hydrogen) atoms. The fourth-order valence-corrected chi connectivity index (χ4v) is 5.78. The summed E-state index contributed by atoms with van der Waals surface area (Å²) in [5, 5.41) is 6.39. The zero-order valence-corrected chi connectivity index (χ0v) is 18.2. The molecule has 6 nitrogen and oxygen atoms in total. The van der Waals surface area contributed by atoms with Crippen LogP contribution in [0.2, 0.25) is 10.2 Å². The summed E-state index contributed by atoms with van der Waals surface area (Å²) in [7, 11) is 0. The highest BCUT2D eigenvalue weighted by Gasteiger charge is 2.56. The number of aromatic nitrogens is 1. The van der Waals surface area contributed by atoms with Crippen molar-refractivity contribution in [2.45, 2.75) is 55.5 Å². The van der Waals surface area contributed by atoms with Crippen LogP contribution in [0.15, 0.2) is 30.5 Å². The Kier molecular flexibility index (Phi) is 6.19. The Morgan fingerprint density at radius 1 is 1.23 bits per heavy atom. The summed E-state index contributed by atoms with van der Waals surface area (Å²) in [4.78, 5) is 27.7. The van der Waals surface area contributed by atoms with Crippen LogP contribution in [0.1, 0.15) is 55.1 Å². The van der Waals surface area contributed by atoms with Crippen molar-refractivity contribution < 1.29 is 14.0 Å². The van der Waals surface area contributed by atoms with Crippen LogP contribution in [0, 0.1) is 5.82 Å². The molecule has 1 saturated heterocycles. The molecule has 4 rings (SSSR count). The minimum absolute atomic E-state index is 0.258. The van der Waals surface area contributed by atoms with Gasteiger partial charge in [-0.15, -0.1) is 0 Å². The lowest BCUT2D eigenvalue weighted by molar-refractivity contribution is -0.120. The molecule has 2 fully saturated rings. The van der Waals surface area contributed by atoms with Crippen LogP contribution in [0.4, 0.5) is 10.1 Å². The Bertz CT molecular complexity index is 1010. The number of primary amides is 1. The summed E-state index contributed by atoms with van der Waals surface area (Å²) in [6, 6.07) is 5.95. The molecular formula is C22H23Cl2FN4O2. The molecular weight excluding hydrogens is 442 g/mol. The van der Waals surface area contributed by atoms with E-state index in [-0.39, 0.29) is 16.6 Å². The molecule has 1 aliphatic heterocycles. The van der Waals surface area contributed by atoms with Crippen molar-refractivity contribution in [1.82, 2.24) is 10.3 Å². The van der Waals surface area contributed by atoms with Crippen molar-refractivity contribution in [2.75, 3.05) is 5.32 Å². The van der Waals surface area contributed by atoms with E-state index in [1.165, 1.54) is 6.20 Å². The summed E-state index contributed by atoms with van der Waals surface area (Å²) >= 11 is 12.2. The highest BCUT2D eigenvalue weighted by Crippen LogP contribution is 2.55. The van der Waals surface area contributed by atoms with Crippen molar-refractivity contribution in [3.05, 3.63) is 57.6 Å². The maximum atomic E-state index is 15.2. The molecule has 1 spiro atoms. The van der Waals surface area contributed by atoms with Crippen LogP contribution in [-0.4, -0.2) is 28.9 Å². The molecule has 0 bridgehead atoms. The SMILES string of the molecule is NC(=O)C1NC2(CCCCC2)C(c2ccc(Cl)cc2NC=O)[C@H]1c1ccnc(Cl)c1F. The predicted octanol–water partition coefficient (Wildman–Crippen LogP) is 4.12. The van der Waals surface area contributed by atoms with Gasteiger partial charge in [-0.2, -0.15) is 0 Å². The molecule has 2 aromatic rings. The molecule has 4 N–H and O–H groups in total. The van der Waals surface area contributed by atoms with Crippen LogP contribution in [0.25, 0.3) is 0 Å². The number of hydrogen-bond donors (Lipinski definition) is 3. The minimum atomic E-state index is -0.809. The van der Waals surface area contributed by atoms with E-state index >= 15 is 4.39 Å². The molecule has 2 amide bonds. The normalized spacial score (nSPS) is 24.8. The number of carbonyl (C=O) groups is 2. The maximum Gasteiger partial charge on any atom is 0.235 e. The van der Waals surface area contributed by atoms with Crippen LogP contribution >= 0.6 is 23.2 Å². The molecule has 2 aliphatic rings. The molecule has 1 aliphatic carbocycles. The van der Waals surface area contributed by atoms with Crippen molar-refractivity contribution in [2.24, 2.45) is 5.73 Å². The lowest BCUT2D eigenvalue weighted by atomic mass is 9.66. The second-order valence-corrected chi connectivity index (χ2v) is 9.04.